The highest BCUT2D eigenvalue weighted by Gasteiger charge is 2.30. The van der Waals surface area contributed by atoms with Gasteiger partial charge in [0.15, 0.2) is 11.6 Å². The van der Waals surface area contributed by atoms with Gasteiger partial charge >= 0.3 is 6.09 Å². The monoisotopic (exact) mass is 429 g/mol. The summed E-state index contributed by atoms with van der Waals surface area (Å²) in [6.07, 6.45) is 8.91. The standard InChI is InChI=1S/C23H23N7O2/c31-23(27-14-15-3-1-8-24-13-15)32-18-6-5-17(11-18)19-12-20(30-29-19)28-22-21-16(7-10-26-22)4-2-9-25-21/h1-4,7-10,12-13,17-18H,5-6,11,14H2,(H,27,31)(H2,26,28,29,30)/t17-,18+/m0/s1. The van der Waals surface area contributed by atoms with Crippen LogP contribution in [0.5, 0.6) is 0 Å². The fourth-order valence-corrected chi connectivity index (χ4v) is 4.03. The Morgan fingerprint density at radius 3 is 2.97 bits per heavy atom. The number of anilines is 2. The lowest BCUT2D eigenvalue weighted by molar-refractivity contribution is 0.0996. The van der Waals surface area contributed by atoms with Gasteiger partial charge in [-0.25, -0.2) is 9.78 Å². The third-order valence-corrected chi connectivity index (χ3v) is 5.62. The fourth-order valence-electron chi connectivity index (χ4n) is 4.03. The van der Waals surface area contributed by atoms with Crippen molar-refractivity contribution >= 4 is 28.6 Å². The van der Waals surface area contributed by atoms with Gasteiger partial charge in [0.2, 0.25) is 0 Å². The lowest BCUT2D eigenvalue weighted by atomic mass is 10.0. The lowest BCUT2D eigenvalue weighted by Crippen LogP contribution is -2.27. The van der Waals surface area contributed by atoms with Gasteiger partial charge in [0.1, 0.15) is 11.6 Å². The molecule has 0 radical (unpaired) electrons. The minimum Gasteiger partial charge on any atom is -0.446 e. The first-order valence-electron chi connectivity index (χ1n) is 10.6. The molecule has 9 heteroatoms. The Hall–Kier alpha value is -4.01. The van der Waals surface area contributed by atoms with E-state index >= 15 is 0 Å². The molecule has 32 heavy (non-hydrogen) atoms. The summed E-state index contributed by atoms with van der Waals surface area (Å²) >= 11 is 0. The first-order valence-corrected chi connectivity index (χ1v) is 10.6. The maximum Gasteiger partial charge on any atom is 0.407 e. The van der Waals surface area contributed by atoms with Crippen LogP contribution in [0, 0.1) is 0 Å². The molecule has 2 atom stereocenters. The van der Waals surface area contributed by atoms with Crippen LogP contribution in [-0.4, -0.2) is 37.3 Å². The van der Waals surface area contributed by atoms with E-state index in [0.717, 1.165) is 41.4 Å². The lowest BCUT2D eigenvalue weighted by Gasteiger charge is -2.13. The summed E-state index contributed by atoms with van der Waals surface area (Å²) in [4.78, 5) is 25.0. The number of aromatic nitrogens is 5. The van der Waals surface area contributed by atoms with Crippen molar-refractivity contribution < 1.29 is 9.53 Å². The molecule has 1 aliphatic rings. The average Bonchev–Trinajstić information content (AvgIpc) is 3.48. The van der Waals surface area contributed by atoms with Crippen LogP contribution in [0.15, 0.2) is 61.2 Å². The number of aromatic amines is 1. The maximum atomic E-state index is 12.1. The van der Waals surface area contributed by atoms with E-state index in [2.05, 4.69) is 35.8 Å². The number of carbonyl (C=O) groups is 1. The Bertz CT molecular complexity index is 1210. The second kappa shape index (κ2) is 9.01. The number of hydrogen-bond donors (Lipinski definition) is 3. The number of nitrogens with zero attached hydrogens (tertiary/aromatic N) is 4. The molecule has 0 saturated heterocycles. The highest BCUT2D eigenvalue weighted by Crippen LogP contribution is 2.36. The van der Waals surface area contributed by atoms with E-state index in [4.69, 9.17) is 4.74 Å². The maximum absolute atomic E-state index is 12.1. The van der Waals surface area contributed by atoms with Gasteiger partial charge in [0, 0.05) is 54.4 Å². The molecule has 0 spiro atoms. The molecule has 1 fully saturated rings. The highest BCUT2D eigenvalue weighted by molar-refractivity contribution is 5.89. The number of alkyl carbamates (subject to hydrolysis) is 1. The zero-order valence-corrected chi connectivity index (χ0v) is 17.4. The Morgan fingerprint density at radius 1 is 1.12 bits per heavy atom. The molecule has 4 aromatic heterocycles. The summed E-state index contributed by atoms with van der Waals surface area (Å²) in [5, 5.41) is 14.5. The topological polar surface area (TPSA) is 118 Å². The van der Waals surface area contributed by atoms with Crippen molar-refractivity contribution in [3.63, 3.8) is 0 Å². The molecule has 3 N–H and O–H groups in total. The second-order valence-corrected chi connectivity index (χ2v) is 7.82. The normalized spacial score (nSPS) is 17.9. The number of ether oxygens (including phenoxy) is 1. The third kappa shape index (κ3) is 4.51. The molecule has 0 unspecified atom stereocenters. The van der Waals surface area contributed by atoms with E-state index in [0.29, 0.717) is 18.2 Å². The van der Waals surface area contributed by atoms with Crippen molar-refractivity contribution in [2.75, 3.05) is 5.32 Å². The van der Waals surface area contributed by atoms with Crippen LogP contribution in [-0.2, 0) is 11.3 Å². The van der Waals surface area contributed by atoms with Gasteiger partial charge in [-0.1, -0.05) is 12.1 Å². The number of pyridine rings is 3. The Kier molecular flexibility index (Phi) is 5.61. The minimum absolute atomic E-state index is 0.113. The molecule has 1 saturated carbocycles. The van der Waals surface area contributed by atoms with E-state index in [-0.39, 0.29) is 12.0 Å². The molecule has 4 heterocycles. The third-order valence-electron chi connectivity index (χ3n) is 5.62. The molecule has 1 amide bonds. The molecule has 5 rings (SSSR count). The average molecular weight is 429 g/mol. The Labute approximate surface area is 184 Å². The number of nitrogens with one attached hydrogen (secondary N) is 3. The fraction of sp³-hybridized carbons (Fsp3) is 0.261. The SMILES string of the molecule is O=C(NCc1cccnc1)O[C@@H]1CC[C@H](c2cc(Nc3nccc4cccnc34)n[nH]2)C1. The van der Waals surface area contributed by atoms with Crippen LogP contribution in [0.3, 0.4) is 0 Å². The predicted octanol–water partition coefficient (Wildman–Crippen LogP) is 4.05. The summed E-state index contributed by atoms with van der Waals surface area (Å²) in [6.45, 7) is 0.398. The van der Waals surface area contributed by atoms with Crippen LogP contribution in [0.25, 0.3) is 10.9 Å². The molecule has 4 aromatic rings. The van der Waals surface area contributed by atoms with Gasteiger partial charge in [0.25, 0.3) is 0 Å². The van der Waals surface area contributed by atoms with E-state index in [1.54, 1.807) is 24.8 Å². The number of hydrogen-bond acceptors (Lipinski definition) is 7. The van der Waals surface area contributed by atoms with Crippen molar-refractivity contribution in [3.8, 4) is 0 Å². The summed E-state index contributed by atoms with van der Waals surface area (Å²) in [5.41, 5.74) is 2.75. The van der Waals surface area contributed by atoms with Gasteiger partial charge in [-0.15, -0.1) is 0 Å². The van der Waals surface area contributed by atoms with Crippen LogP contribution >= 0.6 is 0 Å². The van der Waals surface area contributed by atoms with Crippen molar-refractivity contribution in [3.05, 3.63) is 72.4 Å². The molecule has 9 nitrogen and oxygen atoms in total. The van der Waals surface area contributed by atoms with Gasteiger partial charge in [-0.3, -0.25) is 15.1 Å². The quantitative estimate of drug-likeness (QED) is 0.423. The van der Waals surface area contributed by atoms with Crippen molar-refractivity contribution in [1.29, 1.82) is 0 Å². The second-order valence-electron chi connectivity index (χ2n) is 7.82. The van der Waals surface area contributed by atoms with Crippen LogP contribution < -0.4 is 10.6 Å². The molecular formula is C23H23N7O2. The minimum atomic E-state index is -0.402. The summed E-state index contributed by atoms with van der Waals surface area (Å²) in [6, 6.07) is 11.6. The van der Waals surface area contributed by atoms with Gasteiger partial charge in [-0.05, 0) is 43.0 Å². The number of fused-ring (bicyclic) bond motifs is 1. The molecule has 0 bridgehead atoms. The van der Waals surface area contributed by atoms with Gasteiger partial charge in [0.05, 0.1) is 0 Å². The Balaban J connectivity index is 1.16. The van der Waals surface area contributed by atoms with E-state index < -0.39 is 6.09 Å². The first kappa shape index (κ1) is 19.9. The molecule has 1 aliphatic carbocycles. The van der Waals surface area contributed by atoms with Crippen LogP contribution in [0.4, 0.5) is 16.4 Å². The van der Waals surface area contributed by atoms with Crippen LogP contribution in [0.1, 0.15) is 36.4 Å². The summed E-state index contributed by atoms with van der Waals surface area (Å²) < 4.78 is 5.60. The number of rotatable bonds is 6. The zero-order valence-electron chi connectivity index (χ0n) is 17.4. The summed E-state index contributed by atoms with van der Waals surface area (Å²) in [5.74, 6) is 1.61. The molecule has 0 aliphatic heterocycles. The molecular weight excluding hydrogens is 406 g/mol. The molecule has 0 aromatic carbocycles. The Morgan fingerprint density at radius 2 is 2.06 bits per heavy atom. The number of carbonyl (C=O) groups excluding carboxylic acids is 1. The first-order chi connectivity index (χ1) is 15.7. The van der Waals surface area contributed by atoms with Crippen LogP contribution in [0.2, 0.25) is 0 Å². The van der Waals surface area contributed by atoms with Crippen molar-refractivity contribution in [2.45, 2.75) is 37.8 Å². The predicted molar refractivity (Wildman–Crippen MR) is 119 cm³/mol. The smallest absolute Gasteiger partial charge is 0.407 e. The van der Waals surface area contributed by atoms with E-state index in [1.807, 2.05) is 36.4 Å². The highest BCUT2D eigenvalue weighted by atomic mass is 16.6. The zero-order chi connectivity index (χ0) is 21.8. The van der Waals surface area contributed by atoms with Crippen molar-refractivity contribution in [2.24, 2.45) is 0 Å². The summed E-state index contributed by atoms with van der Waals surface area (Å²) in [7, 11) is 0. The largest absolute Gasteiger partial charge is 0.446 e. The molecule has 162 valence electrons. The van der Waals surface area contributed by atoms with Gasteiger partial charge in [-0.2, -0.15) is 5.10 Å². The number of H-pyrrole nitrogens is 1. The van der Waals surface area contributed by atoms with E-state index in [1.165, 1.54) is 0 Å². The van der Waals surface area contributed by atoms with Crippen molar-refractivity contribution in [1.82, 2.24) is 30.5 Å². The number of amides is 1. The van der Waals surface area contributed by atoms with E-state index in [9.17, 15) is 4.79 Å². The van der Waals surface area contributed by atoms with Gasteiger partial charge < -0.3 is 15.4 Å².